The molecule has 2 saturated carbocycles. The molecule has 6 heteroatoms. The van der Waals surface area contributed by atoms with E-state index in [0.717, 1.165) is 72.1 Å². The fourth-order valence-electron chi connectivity index (χ4n) is 9.06. The molecule has 258 valence electrons. The van der Waals surface area contributed by atoms with E-state index in [1.807, 2.05) is 0 Å². The van der Waals surface area contributed by atoms with E-state index in [2.05, 4.69) is 81.4 Å². The molecular formula is C42H54F3N2O+. The van der Waals surface area contributed by atoms with Crippen LogP contribution in [-0.4, -0.2) is 29.2 Å². The largest absolute Gasteiger partial charge is 0.416 e. The molecule has 2 aliphatic carbocycles. The SMILES string of the molecule is CC(=C\C1=[N+](CC(=O)CC2CCCC2)c2ccc(C)cc2C1(C)C)/C=C1/N(CCCC2CCCC2)c2ccc(C(F)(F)F)cc2C1(C)C. The van der Waals surface area contributed by atoms with Gasteiger partial charge >= 0.3 is 6.18 Å². The summed E-state index contributed by atoms with van der Waals surface area (Å²) in [6.07, 6.45) is 12.8. The number of rotatable bonds is 10. The summed E-state index contributed by atoms with van der Waals surface area (Å²) in [6, 6.07) is 10.8. The zero-order valence-corrected chi connectivity index (χ0v) is 29.9. The molecule has 6 rings (SSSR count). The van der Waals surface area contributed by atoms with Crippen molar-refractivity contribution < 1.29 is 22.5 Å². The van der Waals surface area contributed by atoms with Gasteiger partial charge in [-0.3, -0.25) is 4.79 Å². The zero-order valence-electron chi connectivity index (χ0n) is 29.9. The molecule has 3 nitrogen and oxygen atoms in total. The van der Waals surface area contributed by atoms with Crippen molar-refractivity contribution in [1.29, 1.82) is 0 Å². The summed E-state index contributed by atoms with van der Waals surface area (Å²) in [7, 11) is 0. The van der Waals surface area contributed by atoms with Crippen molar-refractivity contribution in [3.05, 3.63) is 82.1 Å². The minimum absolute atomic E-state index is 0.286. The van der Waals surface area contributed by atoms with E-state index in [0.29, 0.717) is 18.9 Å². The number of ketones is 1. The molecule has 2 aromatic carbocycles. The minimum Gasteiger partial charge on any atom is -0.344 e. The van der Waals surface area contributed by atoms with Gasteiger partial charge in [-0.15, -0.1) is 0 Å². The van der Waals surface area contributed by atoms with Crippen molar-refractivity contribution in [1.82, 2.24) is 0 Å². The average molecular weight is 660 g/mol. The van der Waals surface area contributed by atoms with E-state index >= 15 is 0 Å². The number of alkyl halides is 3. The van der Waals surface area contributed by atoms with Gasteiger partial charge in [-0.2, -0.15) is 17.7 Å². The molecule has 2 fully saturated rings. The maximum Gasteiger partial charge on any atom is 0.416 e. The number of hydrogen-bond donors (Lipinski definition) is 0. The maximum absolute atomic E-state index is 13.9. The fourth-order valence-corrected chi connectivity index (χ4v) is 9.06. The highest BCUT2D eigenvalue weighted by molar-refractivity contribution is 6.04. The summed E-state index contributed by atoms with van der Waals surface area (Å²) in [5, 5.41) is 0. The first-order chi connectivity index (χ1) is 22.7. The van der Waals surface area contributed by atoms with Crippen LogP contribution in [0, 0.1) is 18.8 Å². The van der Waals surface area contributed by atoms with Crippen LogP contribution in [0.3, 0.4) is 0 Å². The van der Waals surface area contributed by atoms with E-state index in [4.69, 9.17) is 0 Å². The van der Waals surface area contributed by atoms with Crippen molar-refractivity contribution in [3.63, 3.8) is 0 Å². The van der Waals surface area contributed by atoms with Gasteiger partial charge in [0.15, 0.2) is 11.5 Å². The van der Waals surface area contributed by atoms with Gasteiger partial charge in [-0.25, -0.2) is 0 Å². The number of hydrogen-bond acceptors (Lipinski definition) is 2. The lowest BCUT2D eigenvalue weighted by Gasteiger charge is -2.28. The number of anilines is 1. The molecule has 0 spiro atoms. The lowest BCUT2D eigenvalue weighted by Crippen LogP contribution is -2.30. The van der Waals surface area contributed by atoms with Gasteiger partial charge in [0.25, 0.3) is 0 Å². The summed E-state index contributed by atoms with van der Waals surface area (Å²) in [4.78, 5) is 15.8. The molecule has 0 atom stereocenters. The molecule has 0 unspecified atom stereocenters. The summed E-state index contributed by atoms with van der Waals surface area (Å²) >= 11 is 0. The predicted molar refractivity (Wildman–Crippen MR) is 190 cm³/mol. The maximum atomic E-state index is 13.9. The quantitative estimate of drug-likeness (QED) is 0.237. The third kappa shape index (κ3) is 6.83. The van der Waals surface area contributed by atoms with Crippen molar-refractivity contribution in [2.45, 2.75) is 129 Å². The monoisotopic (exact) mass is 659 g/mol. The number of fused-ring (bicyclic) bond motifs is 2. The highest BCUT2D eigenvalue weighted by atomic mass is 19.4. The Labute approximate surface area is 286 Å². The Kier molecular flexibility index (Phi) is 9.60. The van der Waals surface area contributed by atoms with Gasteiger partial charge < -0.3 is 4.90 Å². The molecule has 0 saturated heterocycles. The molecule has 0 radical (unpaired) electrons. The number of allylic oxidation sites excluding steroid dienone is 4. The Bertz CT molecular complexity index is 1650. The highest BCUT2D eigenvalue weighted by Crippen LogP contribution is 2.50. The molecule has 0 N–H and O–H groups in total. The molecule has 4 aliphatic rings. The molecular weight excluding hydrogens is 605 g/mol. The van der Waals surface area contributed by atoms with Gasteiger partial charge in [0.1, 0.15) is 0 Å². The number of nitrogens with zero attached hydrogens (tertiary/aromatic N) is 2. The van der Waals surface area contributed by atoms with E-state index in [1.165, 1.54) is 61.8 Å². The third-order valence-electron chi connectivity index (χ3n) is 11.8. The van der Waals surface area contributed by atoms with Gasteiger partial charge in [0.2, 0.25) is 12.2 Å². The normalized spacial score (nSPS) is 21.9. The van der Waals surface area contributed by atoms with E-state index in [-0.39, 0.29) is 11.2 Å². The van der Waals surface area contributed by atoms with Crippen LogP contribution in [0.4, 0.5) is 24.5 Å². The van der Waals surface area contributed by atoms with Crippen molar-refractivity contribution in [2.24, 2.45) is 11.8 Å². The van der Waals surface area contributed by atoms with Crippen LogP contribution in [0.15, 0.2) is 59.8 Å². The van der Waals surface area contributed by atoms with Crippen molar-refractivity contribution in [3.8, 4) is 0 Å². The molecule has 0 amide bonds. The Hall–Kier alpha value is -3.15. The standard InChI is InChI=1S/C42H54F3N2O/c1-28-17-19-37-34(22-28)40(3,4)39(47(37)27-33(48)25-31-14-9-10-15-31)24-29(2)23-38-41(5,6)35-26-32(42(43,44)45)18-20-36(35)46(38)21-11-16-30-12-7-8-13-30/h17-20,22-24,26,30-31H,7-16,21,25,27H2,1-6H3/q+1. The van der Waals surface area contributed by atoms with Gasteiger partial charge in [-0.1, -0.05) is 76.8 Å². The predicted octanol–water partition coefficient (Wildman–Crippen LogP) is 11.1. The molecule has 2 aliphatic heterocycles. The number of carbonyl (C=O) groups is 1. The Morgan fingerprint density at radius 1 is 0.917 bits per heavy atom. The van der Waals surface area contributed by atoms with Crippen LogP contribution in [0.1, 0.15) is 128 Å². The Morgan fingerprint density at radius 2 is 1.58 bits per heavy atom. The highest BCUT2D eigenvalue weighted by Gasteiger charge is 2.46. The summed E-state index contributed by atoms with van der Waals surface area (Å²) in [5.41, 5.74) is 6.78. The molecule has 2 aromatic rings. The van der Waals surface area contributed by atoms with Crippen molar-refractivity contribution >= 4 is 22.9 Å². The number of carbonyl (C=O) groups excluding carboxylic acids is 1. The lowest BCUT2D eigenvalue weighted by atomic mass is 9.80. The van der Waals surface area contributed by atoms with Crippen LogP contribution >= 0.6 is 0 Å². The Morgan fingerprint density at radius 3 is 2.25 bits per heavy atom. The average Bonchev–Trinajstić information content (AvgIpc) is 3.80. The molecule has 0 aromatic heterocycles. The van der Waals surface area contributed by atoms with E-state index < -0.39 is 17.2 Å². The summed E-state index contributed by atoms with van der Waals surface area (Å²) in [5.74, 6) is 1.55. The second-order valence-corrected chi connectivity index (χ2v) is 16.2. The Balaban J connectivity index is 1.38. The first-order valence-corrected chi connectivity index (χ1v) is 18.3. The van der Waals surface area contributed by atoms with Crippen LogP contribution in [-0.2, 0) is 21.8 Å². The summed E-state index contributed by atoms with van der Waals surface area (Å²) < 4.78 is 43.9. The van der Waals surface area contributed by atoms with E-state index in [9.17, 15) is 18.0 Å². The number of Topliss-reactive ketones (excluding diaryl/α,β-unsaturated/α-hetero) is 1. The smallest absolute Gasteiger partial charge is 0.344 e. The first kappa shape index (κ1) is 34.7. The van der Waals surface area contributed by atoms with Gasteiger partial charge in [0, 0.05) is 47.5 Å². The van der Waals surface area contributed by atoms with Crippen LogP contribution in [0.25, 0.3) is 0 Å². The van der Waals surface area contributed by atoms with Gasteiger partial charge in [-0.05, 0) is 93.9 Å². The fraction of sp³-hybridized carbons (Fsp3) is 0.571. The third-order valence-corrected chi connectivity index (χ3v) is 11.8. The van der Waals surface area contributed by atoms with Crippen molar-refractivity contribution in [2.75, 3.05) is 18.0 Å². The molecule has 48 heavy (non-hydrogen) atoms. The summed E-state index contributed by atoms with van der Waals surface area (Å²) in [6.45, 7) is 13.9. The second-order valence-electron chi connectivity index (χ2n) is 16.2. The van der Waals surface area contributed by atoms with E-state index in [1.54, 1.807) is 6.07 Å². The first-order valence-electron chi connectivity index (χ1n) is 18.3. The number of halogens is 3. The molecule has 2 heterocycles. The van der Waals surface area contributed by atoms with Crippen LogP contribution in [0.2, 0.25) is 0 Å². The number of benzene rings is 2. The van der Waals surface area contributed by atoms with Gasteiger partial charge in [0.05, 0.1) is 11.0 Å². The second kappa shape index (κ2) is 13.3. The lowest BCUT2D eigenvalue weighted by molar-refractivity contribution is -0.425. The topological polar surface area (TPSA) is 23.3 Å². The van der Waals surface area contributed by atoms with Crippen LogP contribution < -0.4 is 4.90 Å². The molecule has 0 bridgehead atoms. The number of aryl methyl sites for hydroxylation is 1. The minimum atomic E-state index is -4.39. The van der Waals surface area contributed by atoms with Crippen LogP contribution in [0.5, 0.6) is 0 Å². The zero-order chi connectivity index (χ0) is 34.4.